The number of imidazole rings is 1. The van der Waals surface area contributed by atoms with Gasteiger partial charge in [0.15, 0.2) is 11.5 Å². The van der Waals surface area contributed by atoms with Gasteiger partial charge in [-0.05, 0) is 103 Å². The molecule has 0 bridgehead atoms. The number of ether oxygens (including phenoxy) is 1. The molecule has 0 radical (unpaired) electrons. The number of nitrogens with zero attached hydrogens (tertiary/aromatic N) is 6. The number of nitrogen functional groups attached to an aromatic ring is 1. The van der Waals surface area contributed by atoms with Crippen molar-refractivity contribution in [1.29, 1.82) is 0 Å². The fraction of sp³-hybridized carbons (Fsp3) is 0.345. The monoisotopic (exact) mass is 1000 g/mol. The first-order chi connectivity index (χ1) is 35.0. The van der Waals surface area contributed by atoms with Crippen LogP contribution in [-0.4, -0.2) is 103 Å². The van der Waals surface area contributed by atoms with E-state index in [1.807, 2.05) is 96.4 Å². The average molecular weight is 1000 g/mol. The maximum Gasteiger partial charge on any atom is 0.246 e. The standard InChI is InChI=1S/C55H61N11O6S/c1-33-47(73-32-61-33)36-13-11-35(12-14-36)28-60-52(70)44-27-40(67)29-65(44)53(71)48(54(2,3)4)64-46(69)31-72-30-45(68)58-25-21-34-8-5-9-37(26-34)42-19-20-43-51(62-42)66(50(63-43)41-10-6-24-59-49(41)56)39-17-15-38(16-18-39)55(57)22-7-23-55/h5-6,8-20,24,26,32,40,44,48,67H,7,21-23,25,27-31,57H2,1-4H3,(H2,56,59)(H,58,68)(H,60,70)(H,64,69)/t40-,44+,48?/m1/s1. The molecular formula is C55H61N11O6S. The van der Waals surface area contributed by atoms with E-state index >= 15 is 0 Å². The van der Waals surface area contributed by atoms with E-state index in [4.69, 9.17) is 26.2 Å². The van der Waals surface area contributed by atoms with Crippen LogP contribution in [0.4, 0.5) is 5.82 Å². The highest BCUT2D eigenvalue weighted by molar-refractivity contribution is 7.13. The summed E-state index contributed by atoms with van der Waals surface area (Å²) in [6.45, 7) is 6.99. The van der Waals surface area contributed by atoms with Crippen molar-refractivity contribution in [2.45, 2.75) is 90.1 Å². The highest BCUT2D eigenvalue weighted by atomic mass is 32.1. The van der Waals surface area contributed by atoms with Gasteiger partial charge in [-0.15, -0.1) is 11.3 Å². The highest BCUT2D eigenvalue weighted by Crippen LogP contribution is 2.40. The van der Waals surface area contributed by atoms with Crippen LogP contribution in [0.3, 0.4) is 0 Å². The molecule has 5 heterocycles. The van der Waals surface area contributed by atoms with E-state index in [0.717, 1.165) is 69.0 Å². The number of aliphatic hydroxyl groups excluding tert-OH is 1. The molecule has 18 heteroatoms. The Balaban J connectivity index is 0.776. The van der Waals surface area contributed by atoms with Gasteiger partial charge < -0.3 is 42.2 Å². The molecule has 8 N–H and O–H groups in total. The number of likely N-dealkylation sites (tertiary alicyclic amines) is 1. The lowest BCUT2D eigenvalue weighted by Crippen LogP contribution is -2.58. The van der Waals surface area contributed by atoms with Crippen LogP contribution < -0.4 is 27.4 Å². The fourth-order valence-corrected chi connectivity index (χ4v) is 10.3. The van der Waals surface area contributed by atoms with Crippen LogP contribution in [0.25, 0.3) is 49.9 Å². The van der Waals surface area contributed by atoms with Gasteiger partial charge >= 0.3 is 0 Å². The molecule has 1 saturated heterocycles. The van der Waals surface area contributed by atoms with Crippen molar-refractivity contribution in [2.24, 2.45) is 11.1 Å². The number of benzene rings is 3. The minimum atomic E-state index is -1.05. The number of nitrogens with one attached hydrogen (secondary N) is 3. The number of thiazole rings is 1. The number of nitrogens with two attached hydrogens (primary N) is 2. The van der Waals surface area contributed by atoms with Crippen molar-refractivity contribution >= 4 is 51.9 Å². The number of aliphatic hydroxyl groups is 1. The highest BCUT2D eigenvalue weighted by Gasteiger charge is 2.44. The fourth-order valence-electron chi connectivity index (χ4n) is 9.44. The molecule has 378 valence electrons. The number of fused-ring (bicyclic) bond motifs is 1. The number of β-amino-alcohol motifs (C(OH)–C–C–N with tert-alkyl or cyclic N) is 1. The van der Waals surface area contributed by atoms with Crippen molar-refractivity contribution < 1.29 is 29.0 Å². The van der Waals surface area contributed by atoms with Crippen molar-refractivity contribution in [3.63, 3.8) is 0 Å². The molecule has 0 spiro atoms. The minimum Gasteiger partial charge on any atom is -0.391 e. The third-order valence-corrected chi connectivity index (χ3v) is 14.6. The lowest BCUT2D eigenvalue weighted by Gasteiger charge is -2.38. The predicted octanol–water partition coefficient (Wildman–Crippen LogP) is 5.99. The summed E-state index contributed by atoms with van der Waals surface area (Å²) < 4.78 is 7.49. The van der Waals surface area contributed by atoms with Crippen molar-refractivity contribution in [3.8, 4) is 38.8 Å². The van der Waals surface area contributed by atoms with Gasteiger partial charge in [0.25, 0.3) is 0 Å². The first-order valence-corrected chi connectivity index (χ1v) is 25.4. The van der Waals surface area contributed by atoms with Crippen molar-refractivity contribution in [3.05, 3.63) is 131 Å². The minimum absolute atomic E-state index is 0.0568. The Bertz CT molecular complexity index is 3140. The molecule has 9 rings (SSSR count). The van der Waals surface area contributed by atoms with Crippen LogP contribution in [0.2, 0.25) is 0 Å². The van der Waals surface area contributed by atoms with Crippen LogP contribution in [0, 0.1) is 12.3 Å². The van der Waals surface area contributed by atoms with Crippen molar-refractivity contribution in [1.82, 2.24) is 45.4 Å². The number of aromatic nitrogens is 5. The molecule has 2 aliphatic rings. The van der Waals surface area contributed by atoms with E-state index < -0.39 is 53.8 Å². The predicted molar refractivity (Wildman–Crippen MR) is 281 cm³/mol. The van der Waals surface area contributed by atoms with Gasteiger partial charge in [0.1, 0.15) is 36.6 Å². The summed E-state index contributed by atoms with van der Waals surface area (Å²) in [6.07, 6.45) is 4.35. The Hall–Kier alpha value is -7.38. The second-order valence-electron chi connectivity index (χ2n) is 20.0. The van der Waals surface area contributed by atoms with Gasteiger partial charge in [0, 0.05) is 49.0 Å². The maximum atomic E-state index is 14.1. The largest absolute Gasteiger partial charge is 0.391 e. The van der Waals surface area contributed by atoms with Gasteiger partial charge in [0.2, 0.25) is 23.6 Å². The van der Waals surface area contributed by atoms with E-state index in [-0.39, 0.29) is 31.7 Å². The van der Waals surface area contributed by atoms with Gasteiger partial charge in [-0.25, -0.2) is 19.9 Å². The van der Waals surface area contributed by atoms with E-state index in [1.165, 1.54) is 4.90 Å². The zero-order valence-electron chi connectivity index (χ0n) is 41.4. The van der Waals surface area contributed by atoms with E-state index in [2.05, 4.69) is 38.1 Å². The molecule has 17 nitrogen and oxygen atoms in total. The summed E-state index contributed by atoms with van der Waals surface area (Å²) in [5, 5.41) is 19.2. The zero-order chi connectivity index (χ0) is 51.4. The Morgan fingerprint density at radius 2 is 1.66 bits per heavy atom. The Morgan fingerprint density at radius 3 is 2.36 bits per heavy atom. The number of hydrogen-bond donors (Lipinski definition) is 6. The summed E-state index contributed by atoms with van der Waals surface area (Å²) in [7, 11) is 0. The van der Waals surface area contributed by atoms with E-state index in [1.54, 1.807) is 43.8 Å². The normalized spacial score (nSPS) is 16.7. The molecule has 1 aliphatic carbocycles. The summed E-state index contributed by atoms with van der Waals surface area (Å²) in [6, 6.07) is 29.6. The summed E-state index contributed by atoms with van der Waals surface area (Å²) in [5.74, 6) is -0.934. The first kappa shape index (κ1) is 50.6. The molecule has 1 unspecified atom stereocenters. The summed E-state index contributed by atoms with van der Waals surface area (Å²) in [4.78, 5) is 74.8. The molecule has 1 saturated carbocycles. The molecule has 4 amide bonds. The van der Waals surface area contributed by atoms with Crippen LogP contribution in [0.5, 0.6) is 0 Å². The summed E-state index contributed by atoms with van der Waals surface area (Å²) >= 11 is 1.56. The van der Waals surface area contributed by atoms with Gasteiger partial charge in [0.05, 0.1) is 33.4 Å². The van der Waals surface area contributed by atoms with E-state index in [9.17, 15) is 24.3 Å². The maximum absolute atomic E-state index is 14.1. The number of pyridine rings is 2. The number of rotatable bonds is 17. The first-order valence-electron chi connectivity index (χ1n) is 24.5. The molecule has 73 heavy (non-hydrogen) atoms. The number of anilines is 1. The SMILES string of the molecule is Cc1ncsc1-c1ccc(CNC(=O)[C@@H]2C[C@@H](O)CN2C(=O)C(NC(=O)COCC(=O)NCCc2cccc(-c3ccc4nc(-c5cccnc5N)n(-c5ccc(C6(N)CCC6)cc5)c4n3)c2)C(C)(C)C)cc1. The number of carbonyl (C=O) groups excluding carboxylic acids is 4. The molecule has 3 aromatic carbocycles. The average Bonchev–Trinajstić information content (AvgIpc) is 4.10. The molecular weight excluding hydrogens is 943 g/mol. The molecule has 7 aromatic rings. The van der Waals surface area contributed by atoms with Gasteiger partial charge in [-0.3, -0.25) is 23.7 Å². The molecule has 1 aliphatic heterocycles. The number of aryl methyl sites for hydroxylation is 1. The van der Waals surface area contributed by atoms with Crippen LogP contribution in [0.1, 0.15) is 68.8 Å². The smallest absolute Gasteiger partial charge is 0.246 e. The lowest BCUT2D eigenvalue weighted by molar-refractivity contribution is -0.145. The Morgan fingerprint density at radius 1 is 0.890 bits per heavy atom. The third-order valence-electron chi connectivity index (χ3n) is 13.7. The Labute approximate surface area is 427 Å². The number of carbonyl (C=O) groups is 4. The summed E-state index contributed by atoms with van der Waals surface area (Å²) in [5.41, 5.74) is 23.2. The van der Waals surface area contributed by atoms with Crippen LogP contribution >= 0.6 is 11.3 Å². The zero-order valence-corrected chi connectivity index (χ0v) is 42.2. The van der Waals surface area contributed by atoms with Crippen LogP contribution in [-0.2, 0) is 42.4 Å². The number of hydrogen-bond acceptors (Lipinski definition) is 13. The topological polar surface area (TPSA) is 246 Å². The molecule has 2 fully saturated rings. The third kappa shape index (κ3) is 11.3. The quantitative estimate of drug-likeness (QED) is 0.0617. The van der Waals surface area contributed by atoms with Crippen molar-refractivity contribution in [2.75, 3.05) is 32.0 Å². The van der Waals surface area contributed by atoms with Gasteiger partial charge in [-0.1, -0.05) is 75.4 Å². The molecule has 4 aromatic heterocycles. The molecule has 3 atom stereocenters. The Kier molecular flexibility index (Phi) is 14.8. The number of amides is 4. The second-order valence-corrected chi connectivity index (χ2v) is 20.9. The van der Waals surface area contributed by atoms with E-state index in [0.29, 0.717) is 41.3 Å². The van der Waals surface area contributed by atoms with Gasteiger partial charge in [-0.2, -0.15) is 0 Å². The van der Waals surface area contributed by atoms with Crippen LogP contribution in [0.15, 0.2) is 109 Å². The lowest BCUT2D eigenvalue weighted by atomic mass is 9.73. The second kappa shape index (κ2) is 21.4.